The van der Waals surface area contributed by atoms with Gasteiger partial charge in [-0.15, -0.1) is 12.3 Å². The molecule has 0 unspecified atom stereocenters. The minimum absolute atomic E-state index is 0.148. The maximum absolute atomic E-state index is 8.35. The number of hydrogen-bond acceptors (Lipinski definition) is 1. The van der Waals surface area contributed by atoms with Crippen LogP contribution in [0, 0.1) is 12.3 Å². The zero-order chi connectivity index (χ0) is 7.66. The predicted molar refractivity (Wildman–Crippen MR) is 43.5 cm³/mol. The van der Waals surface area contributed by atoms with Crippen molar-refractivity contribution in [2.75, 3.05) is 6.61 Å². The highest BCUT2D eigenvalue weighted by atomic mass is 16.2. The van der Waals surface area contributed by atoms with Crippen LogP contribution in [0.15, 0.2) is 12.2 Å². The largest absolute Gasteiger partial charge is 0.392 e. The molecule has 0 aliphatic heterocycles. The second kappa shape index (κ2) is 8.26. The van der Waals surface area contributed by atoms with Crippen molar-refractivity contribution < 1.29 is 5.11 Å². The summed E-state index contributed by atoms with van der Waals surface area (Å²) in [5.41, 5.74) is 0. The maximum Gasteiger partial charge on any atom is 0.0612 e. The third-order valence-corrected chi connectivity index (χ3v) is 1.21. The average molecular weight is 138 g/mol. The first-order valence-corrected chi connectivity index (χ1v) is 3.61. The van der Waals surface area contributed by atoms with E-state index < -0.39 is 0 Å². The first kappa shape index (κ1) is 9.26. The van der Waals surface area contributed by atoms with Gasteiger partial charge in [-0.25, -0.2) is 0 Å². The van der Waals surface area contributed by atoms with Crippen molar-refractivity contribution >= 4 is 0 Å². The fraction of sp³-hybridized carbons (Fsp3) is 0.556. The topological polar surface area (TPSA) is 20.2 Å². The summed E-state index contributed by atoms with van der Waals surface area (Å²) in [4.78, 5) is 0. The Morgan fingerprint density at radius 1 is 1.30 bits per heavy atom. The second-order valence-electron chi connectivity index (χ2n) is 2.10. The Morgan fingerprint density at radius 2 is 2.10 bits per heavy atom. The summed E-state index contributed by atoms with van der Waals surface area (Å²) in [6, 6.07) is 0. The molecule has 0 saturated heterocycles. The lowest BCUT2D eigenvalue weighted by Gasteiger charge is -1.89. The van der Waals surface area contributed by atoms with Gasteiger partial charge in [-0.3, -0.25) is 0 Å². The molecular weight excluding hydrogens is 124 g/mol. The van der Waals surface area contributed by atoms with Crippen molar-refractivity contribution in [3.05, 3.63) is 12.2 Å². The minimum Gasteiger partial charge on any atom is -0.392 e. The number of aliphatic hydroxyl groups excluding tert-OH is 1. The predicted octanol–water partition coefficient (Wildman–Crippen LogP) is 1.73. The number of terminal acetylenes is 1. The summed E-state index contributed by atoms with van der Waals surface area (Å²) in [7, 11) is 0. The van der Waals surface area contributed by atoms with Gasteiger partial charge in [0.25, 0.3) is 0 Å². The van der Waals surface area contributed by atoms with E-state index >= 15 is 0 Å². The molecule has 0 spiro atoms. The Kier molecular flexibility index (Phi) is 7.65. The van der Waals surface area contributed by atoms with Crippen LogP contribution in [0.25, 0.3) is 0 Å². The smallest absolute Gasteiger partial charge is 0.0612 e. The van der Waals surface area contributed by atoms with Gasteiger partial charge in [-0.1, -0.05) is 12.2 Å². The molecule has 0 aromatic carbocycles. The van der Waals surface area contributed by atoms with Crippen LogP contribution in [0.3, 0.4) is 0 Å². The molecule has 0 aliphatic carbocycles. The molecular formula is C9H14O. The molecule has 0 atom stereocenters. The molecule has 0 aromatic heterocycles. The highest BCUT2D eigenvalue weighted by molar-refractivity contribution is 4.84. The number of rotatable bonds is 5. The molecule has 0 bridgehead atoms. The van der Waals surface area contributed by atoms with Gasteiger partial charge in [0.15, 0.2) is 0 Å². The van der Waals surface area contributed by atoms with E-state index in [0.29, 0.717) is 0 Å². The van der Waals surface area contributed by atoms with Gasteiger partial charge in [0.05, 0.1) is 6.61 Å². The van der Waals surface area contributed by atoms with Crippen LogP contribution in [-0.2, 0) is 0 Å². The molecule has 1 N–H and O–H groups in total. The molecule has 56 valence electrons. The third kappa shape index (κ3) is 7.26. The lowest BCUT2D eigenvalue weighted by molar-refractivity contribution is 0.342. The fourth-order valence-electron chi connectivity index (χ4n) is 0.682. The van der Waals surface area contributed by atoms with E-state index in [4.69, 9.17) is 11.5 Å². The van der Waals surface area contributed by atoms with E-state index in [2.05, 4.69) is 5.92 Å². The van der Waals surface area contributed by atoms with Crippen LogP contribution in [-0.4, -0.2) is 11.7 Å². The van der Waals surface area contributed by atoms with E-state index in [-0.39, 0.29) is 6.61 Å². The summed E-state index contributed by atoms with van der Waals surface area (Å²) in [5, 5.41) is 8.35. The fourth-order valence-corrected chi connectivity index (χ4v) is 0.682. The van der Waals surface area contributed by atoms with Gasteiger partial charge in [0.2, 0.25) is 0 Å². The summed E-state index contributed by atoms with van der Waals surface area (Å²) in [6.07, 6.45) is 12.9. The molecule has 0 radical (unpaired) electrons. The molecule has 0 amide bonds. The van der Waals surface area contributed by atoms with Crippen LogP contribution in [0.1, 0.15) is 25.7 Å². The number of allylic oxidation sites excluding steroid dienone is 1. The van der Waals surface area contributed by atoms with Crippen LogP contribution < -0.4 is 0 Å². The van der Waals surface area contributed by atoms with Gasteiger partial charge < -0.3 is 5.11 Å². The molecule has 1 nitrogen and oxygen atoms in total. The molecule has 0 saturated carbocycles. The maximum atomic E-state index is 8.35. The zero-order valence-electron chi connectivity index (χ0n) is 6.21. The van der Waals surface area contributed by atoms with Crippen molar-refractivity contribution in [2.24, 2.45) is 0 Å². The Morgan fingerprint density at radius 3 is 2.70 bits per heavy atom. The van der Waals surface area contributed by atoms with Crippen LogP contribution in [0.5, 0.6) is 0 Å². The van der Waals surface area contributed by atoms with E-state index in [1.165, 1.54) is 0 Å². The van der Waals surface area contributed by atoms with E-state index in [1.54, 1.807) is 6.08 Å². The first-order chi connectivity index (χ1) is 4.91. The Bertz CT molecular complexity index is 119. The Balaban J connectivity index is 2.92. The monoisotopic (exact) mass is 138 g/mol. The van der Waals surface area contributed by atoms with Crippen molar-refractivity contribution in [1.29, 1.82) is 0 Å². The molecule has 10 heavy (non-hydrogen) atoms. The van der Waals surface area contributed by atoms with Gasteiger partial charge in [0.1, 0.15) is 0 Å². The van der Waals surface area contributed by atoms with E-state index in [0.717, 1.165) is 25.7 Å². The third-order valence-electron chi connectivity index (χ3n) is 1.21. The summed E-state index contributed by atoms with van der Waals surface area (Å²) in [6.45, 7) is 0.148. The van der Waals surface area contributed by atoms with Crippen molar-refractivity contribution in [3.8, 4) is 12.3 Å². The number of aliphatic hydroxyl groups is 1. The quantitative estimate of drug-likeness (QED) is 0.348. The molecule has 1 heteroatoms. The lowest BCUT2D eigenvalue weighted by Crippen LogP contribution is -1.74. The number of unbranched alkanes of at least 4 members (excludes halogenated alkanes) is 3. The van der Waals surface area contributed by atoms with Crippen molar-refractivity contribution in [1.82, 2.24) is 0 Å². The van der Waals surface area contributed by atoms with Crippen LogP contribution in [0.2, 0.25) is 0 Å². The first-order valence-electron chi connectivity index (χ1n) is 3.61. The molecule has 0 heterocycles. The van der Waals surface area contributed by atoms with E-state index in [9.17, 15) is 0 Å². The molecule has 0 aromatic rings. The second-order valence-corrected chi connectivity index (χ2v) is 2.10. The SMILES string of the molecule is C#CCCCC/C=C/CO. The molecule has 0 fully saturated rings. The Labute approximate surface area is 62.8 Å². The zero-order valence-corrected chi connectivity index (χ0v) is 6.21. The van der Waals surface area contributed by atoms with Gasteiger partial charge in [-0.05, 0) is 19.3 Å². The minimum atomic E-state index is 0.148. The van der Waals surface area contributed by atoms with Gasteiger partial charge >= 0.3 is 0 Å². The molecule has 0 rings (SSSR count). The molecule has 0 aliphatic rings. The van der Waals surface area contributed by atoms with Crippen LogP contribution in [0.4, 0.5) is 0 Å². The summed E-state index contributed by atoms with van der Waals surface area (Å²) < 4.78 is 0. The average Bonchev–Trinajstić information content (AvgIpc) is 1.97. The Hall–Kier alpha value is -0.740. The lowest BCUT2D eigenvalue weighted by atomic mass is 10.2. The standard InChI is InChI=1S/C9H14O/c1-2-3-4-5-6-7-8-9-10/h1,7-8,10H,3-6,9H2/b8-7+. The van der Waals surface area contributed by atoms with E-state index in [1.807, 2.05) is 6.08 Å². The summed E-state index contributed by atoms with van der Waals surface area (Å²) in [5.74, 6) is 2.59. The van der Waals surface area contributed by atoms with Crippen molar-refractivity contribution in [2.45, 2.75) is 25.7 Å². The van der Waals surface area contributed by atoms with Crippen molar-refractivity contribution in [3.63, 3.8) is 0 Å². The normalized spacial score (nSPS) is 10.0. The number of hydrogen-bond donors (Lipinski definition) is 1. The van der Waals surface area contributed by atoms with Gasteiger partial charge in [-0.2, -0.15) is 0 Å². The summed E-state index contributed by atoms with van der Waals surface area (Å²) >= 11 is 0. The van der Waals surface area contributed by atoms with Crippen LogP contribution >= 0.6 is 0 Å². The highest BCUT2D eigenvalue weighted by Gasteiger charge is 1.81. The highest BCUT2D eigenvalue weighted by Crippen LogP contribution is 1.98. The van der Waals surface area contributed by atoms with Gasteiger partial charge in [0, 0.05) is 6.42 Å².